The molecule has 5 heterocycles. The molecule has 5 rings (SSSR count). The van der Waals surface area contributed by atoms with Crippen LogP contribution in [0.5, 0.6) is 0 Å². The molecule has 0 spiro atoms. The lowest BCUT2D eigenvalue weighted by atomic mass is 10.1. The fraction of sp³-hybridized carbons (Fsp3) is 0.222. The van der Waals surface area contributed by atoms with Gasteiger partial charge in [-0.25, -0.2) is 0 Å². The Hall–Kier alpha value is -3.82. The van der Waals surface area contributed by atoms with Crippen LogP contribution in [0.15, 0.2) is 53.6 Å². The van der Waals surface area contributed by atoms with Gasteiger partial charge in [0.2, 0.25) is 0 Å². The van der Waals surface area contributed by atoms with Crippen molar-refractivity contribution in [2.75, 3.05) is 25.0 Å². The number of nitrogens with zero attached hydrogens (tertiary/aromatic N) is 8. The Balaban J connectivity index is 1.25. The van der Waals surface area contributed by atoms with Gasteiger partial charge in [-0.15, -0.1) is 15.3 Å². The number of fused-ring (bicyclic) bond motifs is 1. The summed E-state index contributed by atoms with van der Waals surface area (Å²) in [5, 5.41) is 16.2. The molecule has 10 nitrogen and oxygen atoms in total. The molecule has 0 N–H and O–H groups in total. The predicted molar refractivity (Wildman–Crippen MR) is 98.6 cm³/mol. The van der Waals surface area contributed by atoms with E-state index in [2.05, 4.69) is 30.3 Å². The van der Waals surface area contributed by atoms with E-state index in [4.69, 9.17) is 4.52 Å². The van der Waals surface area contributed by atoms with Crippen molar-refractivity contribution in [1.82, 2.24) is 34.9 Å². The fourth-order valence-corrected chi connectivity index (χ4v) is 3.14. The van der Waals surface area contributed by atoms with Crippen LogP contribution in [0.3, 0.4) is 0 Å². The van der Waals surface area contributed by atoms with Crippen LogP contribution in [0.25, 0.3) is 17.0 Å². The van der Waals surface area contributed by atoms with Crippen molar-refractivity contribution >= 4 is 17.4 Å². The van der Waals surface area contributed by atoms with Gasteiger partial charge in [-0.3, -0.25) is 9.78 Å². The minimum atomic E-state index is -0.175. The third kappa shape index (κ3) is 2.75. The van der Waals surface area contributed by atoms with Gasteiger partial charge in [-0.1, -0.05) is 5.16 Å². The van der Waals surface area contributed by atoms with Crippen molar-refractivity contribution in [2.45, 2.75) is 6.04 Å². The van der Waals surface area contributed by atoms with E-state index in [1.165, 1.54) is 0 Å². The molecule has 0 aliphatic carbocycles. The SMILES string of the molecule is CN(C(=O)c1cc(-c2cccnc2)on1)C1CN(c2ccc3nncn3n2)C1. The first-order chi connectivity index (χ1) is 13.7. The van der Waals surface area contributed by atoms with Gasteiger partial charge in [0.1, 0.15) is 12.1 Å². The second-order valence-electron chi connectivity index (χ2n) is 6.62. The molecular weight excluding hydrogens is 360 g/mol. The van der Waals surface area contributed by atoms with Gasteiger partial charge < -0.3 is 14.3 Å². The van der Waals surface area contributed by atoms with Crippen molar-refractivity contribution in [3.63, 3.8) is 0 Å². The van der Waals surface area contributed by atoms with E-state index in [-0.39, 0.29) is 17.6 Å². The van der Waals surface area contributed by atoms with Crippen LogP contribution in [-0.2, 0) is 0 Å². The molecule has 1 saturated heterocycles. The monoisotopic (exact) mass is 376 g/mol. The van der Waals surface area contributed by atoms with E-state index in [9.17, 15) is 4.79 Å². The molecule has 10 heteroatoms. The van der Waals surface area contributed by atoms with Crippen molar-refractivity contribution in [3.05, 3.63) is 54.7 Å². The summed E-state index contributed by atoms with van der Waals surface area (Å²) < 4.78 is 6.94. The van der Waals surface area contributed by atoms with Crippen molar-refractivity contribution in [1.29, 1.82) is 0 Å². The fourth-order valence-electron chi connectivity index (χ4n) is 3.14. The first-order valence-electron chi connectivity index (χ1n) is 8.75. The number of amides is 1. The molecule has 140 valence electrons. The number of likely N-dealkylation sites (N-methyl/N-ethyl adjacent to an activating group) is 1. The summed E-state index contributed by atoms with van der Waals surface area (Å²) in [7, 11) is 1.78. The number of anilines is 1. The summed E-state index contributed by atoms with van der Waals surface area (Å²) in [6, 6.07) is 9.15. The van der Waals surface area contributed by atoms with Crippen LogP contribution in [0, 0.1) is 0 Å². The average molecular weight is 376 g/mol. The van der Waals surface area contributed by atoms with E-state index in [0.29, 0.717) is 24.5 Å². The molecule has 0 aromatic carbocycles. The molecular formula is C18H16N8O2. The molecule has 1 fully saturated rings. The summed E-state index contributed by atoms with van der Waals surface area (Å²) in [6.07, 6.45) is 4.91. The number of carbonyl (C=O) groups excluding carboxylic acids is 1. The number of rotatable bonds is 4. The Morgan fingerprint density at radius 3 is 3.00 bits per heavy atom. The minimum Gasteiger partial charge on any atom is -0.355 e. The third-order valence-corrected chi connectivity index (χ3v) is 4.88. The van der Waals surface area contributed by atoms with E-state index < -0.39 is 0 Å². The topological polar surface area (TPSA) is 106 Å². The van der Waals surface area contributed by atoms with Gasteiger partial charge in [0.25, 0.3) is 5.91 Å². The highest BCUT2D eigenvalue weighted by atomic mass is 16.5. The molecule has 1 aliphatic heterocycles. The molecule has 28 heavy (non-hydrogen) atoms. The second kappa shape index (κ2) is 6.41. The Kier molecular flexibility index (Phi) is 3.75. The van der Waals surface area contributed by atoms with Crippen molar-refractivity contribution in [3.8, 4) is 11.3 Å². The zero-order chi connectivity index (χ0) is 19.1. The summed E-state index contributed by atoms with van der Waals surface area (Å²) in [5.41, 5.74) is 1.76. The molecule has 1 aliphatic rings. The molecule has 0 unspecified atom stereocenters. The Bertz CT molecular complexity index is 1130. The quantitative estimate of drug-likeness (QED) is 0.522. The van der Waals surface area contributed by atoms with Gasteiger partial charge in [-0.2, -0.15) is 4.52 Å². The minimum absolute atomic E-state index is 0.0736. The first kappa shape index (κ1) is 16.4. The Morgan fingerprint density at radius 2 is 2.18 bits per heavy atom. The molecule has 0 bridgehead atoms. The van der Waals surface area contributed by atoms with E-state index in [1.54, 1.807) is 47.3 Å². The smallest absolute Gasteiger partial charge is 0.276 e. The standard InChI is InChI=1S/C18H16N8O2/c1-24(18(27)14-7-15(28-23-14)12-3-2-6-19-8-12)13-9-25(10-13)17-5-4-16-21-20-11-26(16)22-17/h2-8,11,13H,9-10H2,1H3. The number of carbonyl (C=O) groups is 1. The third-order valence-electron chi connectivity index (χ3n) is 4.88. The van der Waals surface area contributed by atoms with Gasteiger partial charge >= 0.3 is 0 Å². The normalized spacial score (nSPS) is 14.2. The molecule has 0 radical (unpaired) electrons. The molecule has 0 atom stereocenters. The number of aromatic nitrogens is 6. The van der Waals surface area contributed by atoms with Crippen molar-refractivity contribution in [2.24, 2.45) is 0 Å². The lowest BCUT2D eigenvalue weighted by Gasteiger charge is -2.44. The van der Waals surface area contributed by atoms with Gasteiger partial charge in [0, 0.05) is 44.2 Å². The first-order valence-corrected chi connectivity index (χ1v) is 8.75. The maximum atomic E-state index is 12.7. The lowest BCUT2D eigenvalue weighted by molar-refractivity contribution is 0.0694. The number of pyridine rings is 1. The second-order valence-corrected chi connectivity index (χ2v) is 6.62. The Morgan fingerprint density at radius 1 is 1.29 bits per heavy atom. The highest BCUT2D eigenvalue weighted by molar-refractivity contribution is 5.93. The van der Waals surface area contributed by atoms with Crippen LogP contribution >= 0.6 is 0 Å². The summed E-state index contributed by atoms with van der Waals surface area (Å²) in [4.78, 5) is 20.6. The zero-order valence-corrected chi connectivity index (χ0v) is 15.0. The van der Waals surface area contributed by atoms with Crippen LogP contribution in [0.4, 0.5) is 5.82 Å². The van der Waals surface area contributed by atoms with Crippen LogP contribution in [0.1, 0.15) is 10.5 Å². The van der Waals surface area contributed by atoms with E-state index in [0.717, 1.165) is 11.4 Å². The van der Waals surface area contributed by atoms with Gasteiger partial charge in [0.05, 0.1) is 6.04 Å². The van der Waals surface area contributed by atoms with Gasteiger partial charge in [0.15, 0.2) is 17.1 Å². The molecule has 4 aromatic heterocycles. The average Bonchev–Trinajstić information content (AvgIpc) is 3.36. The zero-order valence-electron chi connectivity index (χ0n) is 15.0. The highest BCUT2D eigenvalue weighted by Gasteiger charge is 2.34. The summed E-state index contributed by atoms with van der Waals surface area (Å²) in [5.74, 6) is 1.17. The lowest BCUT2D eigenvalue weighted by Crippen LogP contribution is -2.60. The van der Waals surface area contributed by atoms with E-state index in [1.807, 2.05) is 18.2 Å². The summed E-state index contributed by atoms with van der Waals surface area (Å²) in [6.45, 7) is 1.38. The maximum absolute atomic E-state index is 12.7. The van der Waals surface area contributed by atoms with Crippen molar-refractivity contribution < 1.29 is 9.32 Å². The van der Waals surface area contributed by atoms with Gasteiger partial charge in [-0.05, 0) is 24.3 Å². The Labute approximate surface area is 159 Å². The number of hydrogen-bond acceptors (Lipinski definition) is 8. The van der Waals surface area contributed by atoms with E-state index >= 15 is 0 Å². The van der Waals surface area contributed by atoms with Crippen LogP contribution in [-0.4, -0.2) is 66.9 Å². The van der Waals surface area contributed by atoms with Crippen LogP contribution < -0.4 is 4.90 Å². The van der Waals surface area contributed by atoms with Crippen LogP contribution in [0.2, 0.25) is 0 Å². The number of hydrogen-bond donors (Lipinski definition) is 0. The maximum Gasteiger partial charge on any atom is 0.276 e. The predicted octanol–water partition coefficient (Wildman–Crippen LogP) is 1.14. The summed E-state index contributed by atoms with van der Waals surface area (Å²) >= 11 is 0. The molecule has 1 amide bonds. The largest absolute Gasteiger partial charge is 0.355 e. The molecule has 0 saturated carbocycles. The highest BCUT2D eigenvalue weighted by Crippen LogP contribution is 2.24. The molecule has 4 aromatic rings.